The summed E-state index contributed by atoms with van der Waals surface area (Å²) >= 11 is 0. The fourth-order valence-electron chi connectivity index (χ4n) is 1.92. The highest BCUT2D eigenvalue weighted by atomic mass is 19.4. The van der Waals surface area contributed by atoms with Gasteiger partial charge in [0.15, 0.2) is 0 Å². The number of nitrogens with one attached hydrogen (secondary N) is 1. The van der Waals surface area contributed by atoms with Gasteiger partial charge in [-0.25, -0.2) is 13.8 Å². The summed E-state index contributed by atoms with van der Waals surface area (Å²) in [6, 6.07) is 1.75. The number of carbonyl (C=O) groups excluding carboxylic acids is 1. The predicted octanol–water partition coefficient (Wildman–Crippen LogP) is 1.92. The molecule has 0 unspecified atom stereocenters. The number of aromatic nitrogens is 1. The van der Waals surface area contributed by atoms with Crippen molar-refractivity contribution in [1.29, 1.82) is 0 Å². The van der Waals surface area contributed by atoms with Gasteiger partial charge in [0.1, 0.15) is 5.82 Å². The molecule has 0 bridgehead atoms. The number of rotatable bonds is 4. The van der Waals surface area contributed by atoms with Crippen molar-refractivity contribution >= 4 is 11.7 Å². The second-order valence-electron chi connectivity index (χ2n) is 4.64. The Labute approximate surface area is 116 Å². The molecule has 2 rings (SSSR count). The van der Waals surface area contributed by atoms with Gasteiger partial charge in [-0.1, -0.05) is 0 Å². The van der Waals surface area contributed by atoms with Gasteiger partial charge in [0.05, 0.1) is 18.0 Å². The molecule has 1 N–H and O–H groups in total. The van der Waals surface area contributed by atoms with Gasteiger partial charge < -0.3 is 10.2 Å². The fraction of sp³-hybridized carbons (Fsp3) is 0.500. The Morgan fingerprint density at radius 3 is 2.67 bits per heavy atom. The molecule has 0 aromatic carbocycles. The van der Waals surface area contributed by atoms with Crippen LogP contribution < -0.4 is 10.2 Å². The number of halogens is 5. The van der Waals surface area contributed by atoms with Gasteiger partial charge in [-0.2, -0.15) is 13.2 Å². The maximum absolute atomic E-state index is 12.6. The summed E-state index contributed by atoms with van der Waals surface area (Å²) in [4.78, 5) is 16.8. The summed E-state index contributed by atoms with van der Waals surface area (Å²) in [5, 5.41) is 2.08. The van der Waals surface area contributed by atoms with E-state index in [4.69, 9.17) is 0 Å². The second kappa shape index (κ2) is 5.82. The quantitative estimate of drug-likeness (QED) is 0.864. The van der Waals surface area contributed by atoms with Gasteiger partial charge in [0, 0.05) is 19.3 Å². The lowest BCUT2D eigenvalue weighted by Gasteiger charge is -2.39. The maximum Gasteiger partial charge on any atom is 0.416 e. The minimum Gasteiger partial charge on any atom is -0.355 e. The Morgan fingerprint density at radius 1 is 1.43 bits per heavy atom. The Balaban J connectivity index is 1.91. The zero-order valence-corrected chi connectivity index (χ0v) is 10.7. The number of hydrogen-bond acceptors (Lipinski definition) is 3. The van der Waals surface area contributed by atoms with Crippen molar-refractivity contribution in [2.45, 2.75) is 12.6 Å². The largest absolute Gasteiger partial charge is 0.416 e. The van der Waals surface area contributed by atoms with E-state index in [0.717, 1.165) is 18.3 Å². The fourth-order valence-corrected chi connectivity index (χ4v) is 1.92. The van der Waals surface area contributed by atoms with Crippen molar-refractivity contribution in [3.8, 4) is 0 Å². The third kappa shape index (κ3) is 3.79. The van der Waals surface area contributed by atoms with Crippen LogP contribution in [0.1, 0.15) is 5.56 Å². The van der Waals surface area contributed by atoms with Gasteiger partial charge in [-0.05, 0) is 12.1 Å². The van der Waals surface area contributed by atoms with Gasteiger partial charge in [0.2, 0.25) is 5.91 Å². The zero-order chi connectivity index (χ0) is 15.6. The van der Waals surface area contributed by atoms with E-state index in [1.807, 2.05) is 0 Å². The Hall–Kier alpha value is -1.93. The summed E-state index contributed by atoms with van der Waals surface area (Å²) in [6.07, 6.45) is -6.05. The molecule has 0 radical (unpaired) electrons. The van der Waals surface area contributed by atoms with E-state index in [1.54, 1.807) is 0 Å². The van der Waals surface area contributed by atoms with E-state index < -0.39 is 36.5 Å². The van der Waals surface area contributed by atoms with Crippen LogP contribution in [0.2, 0.25) is 0 Å². The van der Waals surface area contributed by atoms with Gasteiger partial charge in [0.25, 0.3) is 6.43 Å². The van der Waals surface area contributed by atoms with E-state index in [2.05, 4.69) is 10.3 Å². The van der Waals surface area contributed by atoms with Crippen LogP contribution in [0.15, 0.2) is 18.3 Å². The second-order valence-corrected chi connectivity index (χ2v) is 4.64. The lowest BCUT2D eigenvalue weighted by molar-refractivity contribution is -0.137. The average Bonchev–Trinajstić information content (AvgIpc) is 2.34. The van der Waals surface area contributed by atoms with Crippen LogP contribution in [0.25, 0.3) is 0 Å². The summed E-state index contributed by atoms with van der Waals surface area (Å²) in [6.45, 7) is -0.413. The van der Waals surface area contributed by atoms with Crippen LogP contribution in [0.3, 0.4) is 0 Å². The van der Waals surface area contributed by atoms with Crippen molar-refractivity contribution in [2.24, 2.45) is 5.92 Å². The molecule has 9 heteroatoms. The van der Waals surface area contributed by atoms with Crippen LogP contribution in [-0.4, -0.2) is 37.0 Å². The lowest BCUT2D eigenvalue weighted by Crippen LogP contribution is -2.54. The van der Waals surface area contributed by atoms with Gasteiger partial charge in [-0.3, -0.25) is 4.79 Å². The van der Waals surface area contributed by atoms with Crippen LogP contribution in [-0.2, 0) is 11.0 Å². The molecule has 1 aliphatic heterocycles. The zero-order valence-electron chi connectivity index (χ0n) is 10.7. The van der Waals surface area contributed by atoms with E-state index in [1.165, 1.54) is 4.90 Å². The molecule has 0 atom stereocenters. The Morgan fingerprint density at radius 2 is 2.10 bits per heavy atom. The van der Waals surface area contributed by atoms with E-state index >= 15 is 0 Å². The van der Waals surface area contributed by atoms with Crippen molar-refractivity contribution in [1.82, 2.24) is 10.3 Å². The Kier molecular flexibility index (Phi) is 4.29. The maximum atomic E-state index is 12.6. The minimum atomic E-state index is -4.46. The number of carbonyl (C=O) groups is 1. The highest BCUT2D eigenvalue weighted by Gasteiger charge is 2.36. The molecule has 1 aromatic rings. The molecule has 0 spiro atoms. The van der Waals surface area contributed by atoms with Gasteiger partial charge in [-0.15, -0.1) is 0 Å². The van der Waals surface area contributed by atoms with Crippen LogP contribution in [0.4, 0.5) is 27.8 Å². The lowest BCUT2D eigenvalue weighted by atomic mass is 9.99. The predicted molar refractivity (Wildman–Crippen MR) is 64.0 cm³/mol. The molecule has 1 fully saturated rings. The molecule has 1 aliphatic rings. The molecule has 116 valence electrons. The first kappa shape index (κ1) is 15.5. The summed E-state index contributed by atoms with van der Waals surface area (Å²) in [5.74, 6) is -0.929. The number of hydrogen-bond donors (Lipinski definition) is 1. The molecule has 0 aliphatic carbocycles. The first-order valence-electron chi connectivity index (χ1n) is 6.11. The highest BCUT2D eigenvalue weighted by Crippen LogP contribution is 2.32. The molecule has 2 heterocycles. The van der Waals surface area contributed by atoms with Crippen LogP contribution in [0, 0.1) is 5.92 Å². The van der Waals surface area contributed by atoms with Crippen molar-refractivity contribution in [3.63, 3.8) is 0 Å². The van der Waals surface area contributed by atoms with E-state index in [0.29, 0.717) is 0 Å². The third-order valence-corrected chi connectivity index (χ3v) is 3.08. The molecule has 0 saturated carbocycles. The standard InChI is InChI=1S/C12H12F5N3O/c13-9(14)4-19-11(21)7-5-20(6-7)10-3-8(1-2-18-10)12(15,16)17/h1-3,7,9H,4-6H2,(H,19,21). The molecule has 1 saturated heterocycles. The van der Waals surface area contributed by atoms with E-state index in [9.17, 15) is 26.7 Å². The number of amides is 1. The summed E-state index contributed by atoms with van der Waals surface area (Å²) < 4.78 is 61.5. The summed E-state index contributed by atoms with van der Waals surface area (Å²) in [7, 11) is 0. The first-order chi connectivity index (χ1) is 9.77. The minimum absolute atomic E-state index is 0.114. The number of anilines is 1. The van der Waals surface area contributed by atoms with Crippen LogP contribution in [0.5, 0.6) is 0 Å². The van der Waals surface area contributed by atoms with Crippen LogP contribution >= 0.6 is 0 Å². The topological polar surface area (TPSA) is 45.2 Å². The molecule has 4 nitrogen and oxygen atoms in total. The molecular weight excluding hydrogens is 297 g/mol. The Bertz CT molecular complexity index is 514. The molecule has 21 heavy (non-hydrogen) atoms. The molecule has 1 aromatic heterocycles. The first-order valence-corrected chi connectivity index (χ1v) is 6.11. The summed E-state index contributed by atoms with van der Waals surface area (Å²) in [5.41, 5.74) is -0.821. The average molecular weight is 309 g/mol. The number of pyridine rings is 1. The third-order valence-electron chi connectivity index (χ3n) is 3.08. The molecular formula is C12H12F5N3O. The normalized spacial score (nSPS) is 16.0. The SMILES string of the molecule is O=C(NCC(F)F)C1CN(c2cc(C(F)(F)F)ccn2)C1. The van der Waals surface area contributed by atoms with Crippen molar-refractivity contribution in [2.75, 3.05) is 24.5 Å². The smallest absolute Gasteiger partial charge is 0.355 e. The van der Waals surface area contributed by atoms with Crippen molar-refractivity contribution in [3.05, 3.63) is 23.9 Å². The van der Waals surface area contributed by atoms with E-state index in [-0.39, 0.29) is 18.9 Å². The monoisotopic (exact) mass is 309 g/mol. The highest BCUT2D eigenvalue weighted by molar-refractivity contribution is 5.81. The number of nitrogens with zero attached hydrogens (tertiary/aromatic N) is 2. The number of alkyl halides is 5. The van der Waals surface area contributed by atoms with Gasteiger partial charge >= 0.3 is 6.18 Å². The van der Waals surface area contributed by atoms with Crippen molar-refractivity contribution < 1.29 is 26.7 Å². The molecule has 1 amide bonds.